The Hall–Kier alpha value is -1.11. The number of rotatable bonds is 5. The number of Topliss-reactive ketones (excluding diaryl/α,β-unsaturated/α-hetero) is 1. The van der Waals surface area contributed by atoms with Crippen molar-refractivity contribution < 1.29 is 4.79 Å². The third-order valence-electron chi connectivity index (χ3n) is 4.50. The number of benzene rings is 1. The molecule has 1 heteroatoms. The summed E-state index contributed by atoms with van der Waals surface area (Å²) >= 11 is 0. The number of hydrogen-bond donors (Lipinski definition) is 0. The van der Waals surface area contributed by atoms with E-state index in [0.717, 1.165) is 25.7 Å². The molecule has 1 aromatic carbocycles. The average molecular weight is 258 g/mol. The van der Waals surface area contributed by atoms with Gasteiger partial charge >= 0.3 is 0 Å². The maximum atomic E-state index is 12.1. The van der Waals surface area contributed by atoms with Crippen molar-refractivity contribution in [3.63, 3.8) is 0 Å². The largest absolute Gasteiger partial charge is 0.299 e. The van der Waals surface area contributed by atoms with Crippen molar-refractivity contribution in [3.05, 3.63) is 35.9 Å². The van der Waals surface area contributed by atoms with Gasteiger partial charge in [0.2, 0.25) is 0 Å². The molecule has 1 nitrogen and oxygen atoms in total. The Morgan fingerprint density at radius 3 is 2.68 bits per heavy atom. The molecule has 0 heterocycles. The maximum absolute atomic E-state index is 12.1. The van der Waals surface area contributed by atoms with Gasteiger partial charge in [-0.05, 0) is 36.7 Å². The predicted molar refractivity (Wildman–Crippen MR) is 80.2 cm³/mol. The minimum absolute atomic E-state index is 0.306. The van der Waals surface area contributed by atoms with Crippen LogP contribution in [0.2, 0.25) is 0 Å². The summed E-state index contributed by atoms with van der Waals surface area (Å²) in [6.07, 6.45) is 6.46. The Bertz CT molecular complexity index is 395. The molecule has 3 atom stereocenters. The molecule has 19 heavy (non-hydrogen) atoms. The van der Waals surface area contributed by atoms with Crippen molar-refractivity contribution in [1.29, 1.82) is 0 Å². The van der Waals surface area contributed by atoms with Gasteiger partial charge in [0.15, 0.2) is 0 Å². The molecule has 1 aromatic rings. The fourth-order valence-corrected chi connectivity index (χ4v) is 3.47. The molecular weight excluding hydrogens is 232 g/mol. The van der Waals surface area contributed by atoms with Crippen molar-refractivity contribution >= 4 is 5.78 Å². The molecule has 0 radical (unpaired) electrons. The molecular formula is C18H26O. The molecule has 0 bridgehead atoms. The van der Waals surface area contributed by atoms with Gasteiger partial charge in [0, 0.05) is 12.3 Å². The molecule has 3 unspecified atom stereocenters. The summed E-state index contributed by atoms with van der Waals surface area (Å²) in [7, 11) is 0. The molecule has 0 saturated heterocycles. The van der Waals surface area contributed by atoms with E-state index >= 15 is 0 Å². The first-order valence-electron chi connectivity index (χ1n) is 7.78. The first kappa shape index (κ1) is 14.3. The van der Waals surface area contributed by atoms with Gasteiger partial charge in [0.1, 0.15) is 5.78 Å². The lowest BCUT2D eigenvalue weighted by molar-refractivity contribution is -0.125. The fourth-order valence-electron chi connectivity index (χ4n) is 3.47. The van der Waals surface area contributed by atoms with Gasteiger partial charge in [-0.15, -0.1) is 0 Å². The van der Waals surface area contributed by atoms with E-state index in [1.165, 1.54) is 18.4 Å². The summed E-state index contributed by atoms with van der Waals surface area (Å²) in [5.41, 5.74) is 1.42. The second kappa shape index (κ2) is 6.88. The zero-order valence-corrected chi connectivity index (χ0v) is 12.3. The molecule has 0 N–H and O–H groups in total. The van der Waals surface area contributed by atoms with Gasteiger partial charge < -0.3 is 0 Å². The summed E-state index contributed by atoms with van der Waals surface area (Å²) in [4.78, 5) is 12.1. The molecule has 1 aliphatic rings. The second-order valence-electron chi connectivity index (χ2n) is 6.17. The van der Waals surface area contributed by atoms with Crippen molar-refractivity contribution in [1.82, 2.24) is 0 Å². The molecule has 0 aromatic heterocycles. The van der Waals surface area contributed by atoms with Gasteiger partial charge in [-0.25, -0.2) is 0 Å². The van der Waals surface area contributed by atoms with E-state index in [1.54, 1.807) is 0 Å². The van der Waals surface area contributed by atoms with Crippen molar-refractivity contribution in [3.8, 4) is 0 Å². The Kier molecular flexibility index (Phi) is 5.18. The molecule has 0 amide bonds. The van der Waals surface area contributed by atoms with Gasteiger partial charge in [0.25, 0.3) is 0 Å². The average Bonchev–Trinajstić information content (AvgIpc) is 2.42. The highest BCUT2D eigenvalue weighted by Crippen LogP contribution is 2.37. The standard InChI is InChI=1S/C18H26O/c1-3-7-14(2)12-17-13-16(10-11-18(17)19)15-8-5-4-6-9-15/h4-6,8-9,14,16-17H,3,7,10-13H2,1-2H3. The zero-order valence-electron chi connectivity index (χ0n) is 12.3. The third kappa shape index (κ3) is 3.92. The SMILES string of the molecule is CCCC(C)CC1CC(c2ccccc2)CCC1=O. The van der Waals surface area contributed by atoms with E-state index in [9.17, 15) is 4.79 Å². The van der Waals surface area contributed by atoms with E-state index in [1.807, 2.05) is 0 Å². The van der Waals surface area contributed by atoms with Crippen LogP contribution in [0, 0.1) is 11.8 Å². The van der Waals surface area contributed by atoms with Crippen LogP contribution in [0.25, 0.3) is 0 Å². The first-order valence-corrected chi connectivity index (χ1v) is 7.78. The number of carbonyl (C=O) groups is 1. The van der Waals surface area contributed by atoms with Crippen LogP contribution in [0.4, 0.5) is 0 Å². The van der Waals surface area contributed by atoms with Gasteiger partial charge in [-0.1, -0.05) is 57.0 Å². The van der Waals surface area contributed by atoms with Crippen molar-refractivity contribution in [2.24, 2.45) is 11.8 Å². The van der Waals surface area contributed by atoms with Crippen LogP contribution in [-0.2, 0) is 4.79 Å². The van der Waals surface area contributed by atoms with E-state index in [0.29, 0.717) is 23.5 Å². The Labute approximate surface area is 117 Å². The highest BCUT2D eigenvalue weighted by molar-refractivity contribution is 5.82. The number of carbonyl (C=O) groups excluding carboxylic acids is 1. The topological polar surface area (TPSA) is 17.1 Å². The normalized spacial score (nSPS) is 25.3. The Balaban J connectivity index is 1.98. The minimum Gasteiger partial charge on any atom is -0.299 e. The highest BCUT2D eigenvalue weighted by Gasteiger charge is 2.30. The van der Waals surface area contributed by atoms with Crippen LogP contribution in [0.1, 0.15) is 63.9 Å². The van der Waals surface area contributed by atoms with Crippen LogP contribution in [0.3, 0.4) is 0 Å². The smallest absolute Gasteiger partial charge is 0.136 e. The zero-order chi connectivity index (χ0) is 13.7. The Morgan fingerprint density at radius 1 is 1.26 bits per heavy atom. The van der Waals surface area contributed by atoms with Gasteiger partial charge in [0.05, 0.1) is 0 Å². The van der Waals surface area contributed by atoms with Gasteiger partial charge in [-0.2, -0.15) is 0 Å². The molecule has 1 saturated carbocycles. The number of ketones is 1. The van der Waals surface area contributed by atoms with Gasteiger partial charge in [-0.3, -0.25) is 4.79 Å². The van der Waals surface area contributed by atoms with Crippen LogP contribution in [0.5, 0.6) is 0 Å². The molecule has 104 valence electrons. The molecule has 1 fully saturated rings. The Morgan fingerprint density at radius 2 is 2.00 bits per heavy atom. The lowest BCUT2D eigenvalue weighted by atomic mass is 9.74. The van der Waals surface area contributed by atoms with E-state index in [2.05, 4.69) is 44.2 Å². The van der Waals surface area contributed by atoms with Crippen molar-refractivity contribution in [2.75, 3.05) is 0 Å². The molecule has 0 spiro atoms. The summed E-state index contributed by atoms with van der Waals surface area (Å²) in [5, 5.41) is 0. The van der Waals surface area contributed by atoms with Crippen LogP contribution < -0.4 is 0 Å². The molecule has 2 rings (SSSR count). The van der Waals surface area contributed by atoms with Crippen LogP contribution in [0.15, 0.2) is 30.3 Å². The highest BCUT2D eigenvalue weighted by atomic mass is 16.1. The summed E-state index contributed by atoms with van der Waals surface area (Å²) in [5.74, 6) is 2.10. The van der Waals surface area contributed by atoms with Crippen LogP contribution in [-0.4, -0.2) is 5.78 Å². The summed E-state index contributed by atoms with van der Waals surface area (Å²) in [6, 6.07) is 10.7. The predicted octanol–water partition coefficient (Wildman–Crippen LogP) is 4.97. The summed E-state index contributed by atoms with van der Waals surface area (Å²) < 4.78 is 0. The lowest BCUT2D eigenvalue weighted by Gasteiger charge is -2.30. The lowest BCUT2D eigenvalue weighted by Crippen LogP contribution is -2.25. The van der Waals surface area contributed by atoms with Crippen molar-refractivity contribution in [2.45, 2.75) is 58.3 Å². The summed E-state index contributed by atoms with van der Waals surface area (Å²) in [6.45, 7) is 4.52. The minimum atomic E-state index is 0.306. The first-order chi connectivity index (χ1) is 9.20. The monoisotopic (exact) mass is 258 g/mol. The quantitative estimate of drug-likeness (QED) is 0.729. The fraction of sp³-hybridized carbons (Fsp3) is 0.611. The third-order valence-corrected chi connectivity index (χ3v) is 4.50. The molecule has 1 aliphatic carbocycles. The van der Waals surface area contributed by atoms with E-state index < -0.39 is 0 Å². The maximum Gasteiger partial charge on any atom is 0.136 e. The van der Waals surface area contributed by atoms with E-state index in [4.69, 9.17) is 0 Å². The number of hydrogen-bond acceptors (Lipinski definition) is 1. The second-order valence-corrected chi connectivity index (χ2v) is 6.17. The van der Waals surface area contributed by atoms with Crippen LogP contribution >= 0.6 is 0 Å². The van der Waals surface area contributed by atoms with E-state index in [-0.39, 0.29) is 0 Å². The molecule has 0 aliphatic heterocycles.